The van der Waals surface area contributed by atoms with Gasteiger partial charge >= 0.3 is 5.97 Å². The molecule has 0 unspecified atom stereocenters. The lowest BCUT2D eigenvalue weighted by Gasteiger charge is -2.07. The second-order valence-electron chi connectivity index (χ2n) is 2.67. The van der Waals surface area contributed by atoms with Gasteiger partial charge in [0.2, 0.25) is 0 Å². The van der Waals surface area contributed by atoms with Crippen LogP contribution in [0.3, 0.4) is 0 Å². The molecule has 0 amide bonds. The van der Waals surface area contributed by atoms with Gasteiger partial charge in [0.1, 0.15) is 5.25 Å². The third-order valence-corrected chi connectivity index (χ3v) is 3.37. The van der Waals surface area contributed by atoms with Crippen LogP contribution in [0, 0.1) is 0 Å². The zero-order valence-electron chi connectivity index (χ0n) is 7.33. The predicted molar refractivity (Wildman–Crippen MR) is 59.4 cm³/mol. The highest BCUT2D eigenvalue weighted by atomic mass is 35.5. The molecular weight excluding hydrogens is 243 g/mol. The molecule has 0 fully saturated rings. The van der Waals surface area contributed by atoms with Crippen molar-refractivity contribution in [1.82, 2.24) is 0 Å². The molecule has 0 aliphatic carbocycles. The third kappa shape index (κ3) is 3.08. The van der Waals surface area contributed by atoms with Crippen LogP contribution in [0.15, 0.2) is 23.1 Å². The summed E-state index contributed by atoms with van der Waals surface area (Å²) in [7, 11) is 0. The Bertz CT molecular complexity index is 355. The number of thioether (sulfide) groups is 1. The Labute approximate surface area is 96.2 Å². The van der Waals surface area contributed by atoms with Crippen LogP contribution >= 0.6 is 35.0 Å². The summed E-state index contributed by atoms with van der Waals surface area (Å²) in [6, 6.07) is 4.98. The van der Waals surface area contributed by atoms with Crippen LogP contribution in [-0.2, 0) is 4.79 Å². The van der Waals surface area contributed by atoms with Crippen molar-refractivity contribution in [2.75, 3.05) is 0 Å². The van der Waals surface area contributed by atoms with E-state index in [1.807, 2.05) is 0 Å². The van der Waals surface area contributed by atoms with Crippen LogP contribution in [-0.4, -0.2) is 16.3 Å². The fourth-order valence-electron chi connectivity index (χ4n) is 0.808. The van der Waals surface area contributed by atoms with Crippen LogP contribution in [0.2, 0.25) is 10.0 Å². The molecule has 5 heteroatoms. The van der Waals surface area contributed by atoms with Gasteiger partial charge in [-0.25, -0.2) is 0 Å². The van der Waals surface area contributed by atoms with Gasteiger partial charge in [-0.3, -0.25) is 4.79 Å². The maximum absolute atomic E-state index is 10.6. The van der Waals surface area contributed by atoms with Gasteiger partial charge in [-0.1, -0.05) is 23.2 Å². The first-order valence-electron chi connectivity index (χ1n) is 3.85. The number of rotatable bonds is 3. The standard InChI is InChI=1S/C9H8Cl2O2S/c1-5(9(12)13)14-8-4-6(10)2-3-7(8)11/h2-5H,1H3,(H,12,13)/t5-/m0/s1. The molecule has 0 aliphatic heterocycles. The summed E-state index contributed by atoms with van der Waals surface area (Å²) >= 11 is 12.8. The van der Waals surface area contributed by atoms with Crippen molar-refractivity contribution in [2.24, 2.45) is 0 Å². The Kier molecular flexibility index (Phi) is 4.11. The van der Waals surface area contributed by atoms with E-state index in [1.165, 1.54) is 11.8 Å². The van der Waals surface area contributed by atoms with Crippen molar-refractivity contribution >= 4 is 40.9 Å². The average Bonchev–Trinajstić information content (AvgIpc) is 2.11. The molecule has 76 valence electrons. The summed E-state index contributed by atoms with van der Waals surface area (Å²) in [6.45, 7) is 1.60. The molecule has 0 bridgehead atoms. The lowest BCUT2D eigenvalue weighted by molar-refractivity contribution is -0.136. The molecule has 0 spiro atoms. The number of carboxylic acid groups (broad SMARTS) is 1. The van der Waals surface area contributed by atoms with E-state index >= 15 is 0 Å². The van der Waals surface area contributed by atoms with E-state index in [0.717, 1.165) is 0 Å². The number of benzene rings is 1. The van der Waals surface area contributed by atoms with Crippen molar-refractivity contribution in [3.63, 3.8) is 0 Å². The monoisotopic (exact) mass is 250 g/mol. The maximum atomic E-state index is 10.6. The van der Waals surface area contributed by atoms with E-state index in [0.29, 0.717) is 14.9 Å². The normalized spacial score (nSPS) is 12.5. The van der Waals surface area contributed by atoms with Gasteiger partial charge in [0.25, 0.3) is 0 Å². The summed E-state index contributed by atoms with van der Waals surface area (Å²) in [4.78, 5) is 11.3. The van der Waals surface area contributed by atoms with Gasteiger partial charge in [-0.15, -0.1) is 11.8 Å². The summed E-state index contributed by atoms with van der Waals surface area (Å²) in [6.07, 6.45) is 0. The first kappa shape index (κ1) is 11.7. The Morgan fingerprint density at radius 3 is 2.71 bits per heavy atom. The van der Waals surface area contributed by atoms with Crippen LogP contribution in [0.25, 0.3) is 0 Å². The highest BCUT2D eigenvalue weighted by Crippen LogP contribution is 2.32. The van der Waals surface area contributed by atoms with Crippen molar-refractivity contribution in [2.45, 2.75) is 17.1 Å². The fourth-order valence-corrected chi connectivity index (χ4v) is 2.15. The smallest absolute Gasteiger partial charge is 0.316 e. The minimum Gasteiger partial charge on any atom is -0.480 e. The topological polar surface area (TPSA) is 37.3 Å². The molecule has 1 aromatic rings. The molecule has 0 radical (unpaired) electrons. The third-order valence-electron chi connectivity index (χ3n) is 1.54. The van der Waals surface area contributed by atoms with E-state index in [2.05, 4.69) is 0 Å². The van der Waals surface area contributed by atoms with Crippen molar-refractivity contribution in [3.05, 3.63) is 28.2 Å². The zero-order chi connectivity index (χ0) is 10.7. The molecular formula is C9H8Cl2O2S. The van der Waals surface area contributed by atoms with Crippen molar-refractivity contribution < 1.29 is 9.90 Å². The second-order valence-corrected chi connectivity index (χ2v) is 4.90. The van der Waals surface area contributed by atoms with Gasteiger partial charge in [0, 0.05) is 9.92 Å². The van der Waals surface area contributed by atoms with E-state index in [1.54, 1.807) is 25.1 Å². The molecule has 1 rings (SSSR count). The number of carboxylic acids is 1. The van der Waals surface area contributed by atoms with E-state index < -0.39 is 11.2 Å². The molecule has 0 heterocycles. The van der Waals surface area contributed by atoms with Gasteiger partial charge in [0.15, 0.2) is 0 Å². The molecule has 14 heavy (non-hydrogen) atoms. The minimum absolute atomic E-state index is 0.521. The predicted octanol–water partition coefficient (Wildman–Crippen LogP) is 3.56. The molecule has 1 N–H and O–H groups in total. The Morgan fingerprint density at radius 2 is 2.14 bits per heavy atom. The minimum atomic E-state index is -0.869. The Balaban J connectivity index is 2.85. The summed E-state index contributed by atoms with van der Waals surface area (Å²) in [5.41, 5.74) is 0. The SMILES string of the molecule is C[C@H](Sc1cc(Cl)ccc1Cl)C(=O)O. The second kappa shape index (κ2) is 4.91. The van der Waals surface area contributed by atoms with Gasteiger partial charge in [0.05, 0.1) is 5.02 Å². The molecule has 1 aromatic carbocycles. The number of hydrogen-bond acceptors (Lipinski definition) is 2. The summed E-state index contributed by atoms with van der Waals surface area (Å²) < 4.78 is 0. The lowest BCUT2D eigenvalue weighted by atomic mass is 10.4. The van der Waals surface area contributed by atoms with Crippen LogP contribution < -0.4 is 0 Å². The quantitative estimate of drug-likeness (QED) is 0.834. The first-order chi connectivity index (χ1) is 6.50. The number of halogens is 2. The molecule has 2 nitrogen and oxygen atoms in total. The highest BCUT2D eigenvalue weighted by molar-refractivity contribution is 8.00. The first-order valence-corrected chi connectivity index (χ1v) is 5.49. The molecule has 0 saturated carbocycles. The summed E-state index contributed by atoms with van der Waals surface area (Å²) in [5.74, 6) is -0.869. The summed E-state index contributed by atoms with van der Waals surface area (Å²) in [5, 5.41) is 9.24. The van der Waals surface area contributed by atoms with E-state index in [4.69, 9.17) is 28.3 Å². The van der Waals surface area contributed by atoms with Crippen molar-refractivity contribution in [3.8, 4) is 0 Å². The van der Waals surface area contributed by atoms with Crippen LogP contribution in [0.4, 0.5) is 0 Å². The number of hydrogen-bond donors (Lipinski definition) is 1. The Morgan fingerprint density at radius 1 is 1.50 bits per heavy atom. The van der Waals surface area contributed by atoms with Crippen LogP contribution in [0.1, 0.15) is 6.92 Å². The van der Waals surface area contributed by atoms with Gasteiger partial charge in [-0.05, 0) is 25.1 Å². The molecule has 0 aromatic heterocycles. The average molecular weight is 251 g/mol. The van der Waals surface area contributed by atoms with Gasteiger partial charge in [-0.2, -0.15) is 0 Å². The lowest BCUT2D eigenvalue weighted by Crippen LogP contribution is -2.11. The Hall–Kier alpha value is -0.380. The molecule has 0 aliphatic rings. The zero-order valence-corrected chi connectivity index (χ0v) is 9.66. The fraction of sp³-hybridized carbons (Fsp3) is 0.222. The molecule has 0 saturated heterocycles. The number of carbonyl (C=O) groups is 1. The van der Waals surface area contributed by atoms with E-state index in [-0.39, 0.29) is 0 Å². The molecule has 1 atom stereocenters. The highest BCUT2D eigenvalue weighted by Gasteiger charge is 2.14. The largest absolute Gasteiger partial charge is 0.480 e. The van der Waals surface area contributed by atoms with Crippen molar-refractivity contribution in [1.29, 1.82) is 0 Å². The van der Waals surface area contributed by atoms with Gasteiger partial charge < -0.3 is 5.11 Å². The number of aliphatic carboxylic acids is 1. The van der Waals surface area contributed by atoms with Crippen LogP contribution in [0.5, 0.6) is 0 Å². The van der Waals surface area contributed by atoms with E-state index in [9.17, 15) is 4.79 Å². The maximum Gasteiger partial charge on any atom is 0.316 e.